The van der Waals surface area contributed by atoms with Crippen molar-refractivity contribution in [1.82, 2.24) is 0 Å². The van der Waals surface area contributed by atoms with Crippen LogP contribution in [0, 0.1) is 5.41 Å². The molecule has 4 N–H and O–H groups in total. The molecule has 0 aromatic heterocycles. The largest absolute Gasteiger partial charge is 0.394 e. The highest BCUT2D eigenvalue weighted by Gasteiger charge is 2.32. The van der Waals surface area contributed by atoms with Crippen LogP contribution in [0.3, 0.4) is 0 Å². The number of hydrogen-bond acceptors (Lipinski definition) is 16. The number of aliphatic hydroxyl groups is 4. The van der Waals surface area contributed by atoms with Gasteiger partial charge in [0, 0.05) is 0 Å². The van der Waals surface area contributed by atoms with E-state index < -0.39 is 5.41 Å². The quantitative estimate of drug-likeness (QED) is 0.0603. The van der Waals surface area contributed by atoms with E-state index in [0.29, 0.717) is 79.3 Å². The molecule has 0 amide bonds. The van der Waals surface area contributed by atoms with E-state index in [1.54, 1.807) is 0 Å². The number of hydrogen-bond donors (Lipinski definition) is 4. The second-order valence-electron chi connectivity index (χ2n) is 11.6. The lowest BCUT2D eigenvalue weighted by molar-refractivity contribution is -0.126. The molecule has 0 bridgehead atoms. The van der Waals surface area contributed by atoms with Crippen LogP contribution in [0.1, 0.15) is 27.7 Å². The first-order valence-corrected chi connectivity index (χ1v) is 17.3. The molecule has 0 radical (unpaired) electrons. The van der Waals surface area contributed by atoms with Crippen LogP contribution in [0.4, 0.5) is 0 Å². The van der Waals surface area contributed by atoms with Crippen LogP contribution in [-0.4, -0.2) is 203 Å². The Hall–Kier alpha value is -0.640. The minimum atomic E-state index is -0.676. The van der Waals surface area contributed by atoms with E-state index in [0.717, 1.165) is 0 Å². The first-order chi connectivity index (χ1) is 23.8. The Morgan fingerprint density at radius 2 is 0.531 bits per heavy atom. The van der Waals surface area contributed by atoms with E-state index in [4.69, 9.17) is 77.3 Å². The maximum atomic E-state index is 8.92. The van der Waals surface area contributed by atoms with E-state index in [1.165, 1.54) is 0 Å². The molecule has 0 saturated heterocycles. The molecule has 0 aromatic carbocycles. The molecule has 0 aliphatic heterocycles. The third-order valence-corrected chi connectivity index (χ3v) is 6.51. The monoisotopic (exact) mass is 720 g/mol. The van der Waals surface area contributed by atoms with Gasteiger partial charge in [-0.15, -0.1) is 0 Å². The lowest BCUT2D eigenvalue weighted by Gasteiger charge is -2.33. The molecular weight excluding hydrogens is 652 g/mol. The fraction of sp³-hybridized carbons (Fsp3) is 1.00. The first-order valence-electron chi connectivity index (χ1n) is 17.3. The van der Waals surface area contributed by atoms with E-state index >= 15 is 0 Å². The smallest absolute Gasteiger partial charge is 0.0781 e. The van der Waals surface area contributed by atoms with Gasteiger partial charge in [0.05, 0.1) is 188 Å². The normalized spacial score (nSPS) is 15.7. The Morgan fingerprint density at radius 3 is 0.735 bits per heavy atom. The summed E-state index contributed by atoms with van der Waals surface area (Å²) in [5.41, 5.74) is -0.676. The highest BCUT2D eigenvalue weighted by molar-refractivity contribution is 4.79. The van der Waals surface area contributed by atoms with E-state index in [9.17, 15) is 0 Å². The van der Waals surface area contributed by atoms with Crippen molar-refractivity contribution in [2.75, 3.05) is 159 Å². The molecule has 0 aromatic rings. The van der Waals surface area contributed by atoms with Gasteiger partial charge in [-0.3, -0.25) is 0 Å². The SMILES string of the molecule is CC(COCCOCC(COCCOCC(C)OCCO)(COCCOCC(C)OCCO)COCCOCC(C)OCCO)OCCO. The van der Waals surface area contributed by atoms with Crippen LogP contribution in [0.5, 0.6) is 0 Å². The Balaban J connectivity index is 5.13. The van der Waals surface area contributed by atoms with E-state index in [2.05, 4.69) is 0 Å². The van der Waals surface area contributed by atoms with Crippen molar-refractivity contribution < 1.29 is 77.3 Å². The fourth-order valence-electron chi connectivity index (χ4n) is 4.08. The molecule has 0 heterocycles. The molecule has 0 fully saturated rings. The fourth-order valence-corrected chi connectivity index (χ4v) is 4.08. The predicted octanol–water partition coefficient (Wildman–Crippen LogP) is -0.305. The highest BCUT2D eigenvalue weighted by atomic mass is 16.6. The lowest BCUT2D eigenvalue weighted by Crippen LogP contribution is -2.43. The zero-order valence-electron chi connectivity index (χ0n) is 30.5. The van der Waals surface area contributed by atoms with Crippen molar-refractivity contribution in [2.45, 2.75) is 52.1 Å². The minimum Gasteiger partial charge on any atom is -0.394 e. The molecule has 0 aliphatic rings. The molecule has 4 unspecified atom stereocenters. The van der Waals surface area contributed by atoms with Gasteiger partial charge in [-0.1, -0.05) is 0 Å². The third-order valence-electron chi connectivity index (χ3n) is 6.51. The van der Waals surface area contributed by atoms with Crippen LogP contribution in [-0.2, 0) is 56.8 Å². The van der Waals surface area contributed by atoms with Crippen molar-refractivity contribution in [3.8, 4) is 0 Å². The summed E-state index contributed by atoms with van der Waals surface area (Å²) in [6.07, 6.45) is -0.590. The Labute approximate surface area is 293 Å². The van der Waals surface area contributed by atoms with Crippen LogP contribution in [0.25, 0.3) is 0 Å². The molecule has 4 atom stereocenters. The molecule has 0 spiro atoms. The maximum absolute atomic E-state index is 8.92. The van der Waals surface area contributed by atoms with Gasteiger partial charge < -0.3 is 77.3 Å². The molecule has 0 rings (SSSR count). The number of aliphatic hydroxyl groups excluding tert-OH is 4. The summed E-state index contributed by atoms with van der Waals surface area (Å²) in [5.74, 6) is 0. The van der Waals surface area contributed by atoms with E-state index in [1.807, 2.05) is 27.7 Å². The van der Waals surface area contributed by atoms with Crippen molar-refractivity contribution in [3.63, 3.8) is 0 Å². The zero-order chi connectivity index (χ0) is 36.3. The van der Waals surface area contributed by atoms with Crippen molar-refractivity contribution >= 4 is 0 Å². The molecule has 0 aliphatic carbocycles. The van der Waals surface area contributed by atoms with E-state index in [-0.39, 0.29) is 104 Å². The summed E-state index contributed by atoms with van der Waals surface area (Å²) in [5, 5.41) is 35.7. The zero-order valence-corrected chi connectivity index (χ0v) is 30.5. The molecular formula is C33H68O16. The standard InChI is InChI=1S/C33H68O16/c1-29(46-9-5-34)21-38-13-17-42-25-33(26-43-18-14-39-22-30(2)47-10-6-35,27-44-19-15-40-23-31(3)48-11-7-36)28-45-20-16-41-24-32(4)49-12-8-37/h29-32,34-37H,5-28H2,1-4H3. The maximum Gasteiger partial charge on any atom is 0.0781 e. The summed E-state index contributed by atoms with van der Waals surface area (Å²) in [6.45, 7) is 13.6. The van der Waals surface area contributed by atoms with Crippen LogP contribution in [0.15, 0.2) is 0 Å². The summed E-state index contributed by atoms with van der Waals surface area (Å²) in [7, 11) is 0. The number of ether oxygens (including phenoxy) is 12. The van der Waals surface area contributed by atoms with Gasteiger partial charge in [0.2, 0.25) is 0 Å². The Kier molecular flexibility index (Phi) is 35.3. The first kappa shape index (κ1) is 48.4. The lowest BCUT2D eigenvalue weighted by atomic mass is 9.92. The van der Waals surface area contributed by atoms with Gasteiger partial charge in [-0.25, -0.2) is 0 Å². The molecule has 296 valence electrons. The van der Waals surface area contributed by atoms with Crippen molar-refractivity contribution in [1.29, 1.82) is 0 Å². The van der Waals surface area contributed by atoms with Gasteiger partial charge in [0.1, 0.15) is 0 Å². The third kappa shape index (κ3) is 31.8. The molecule has 16 heteroatoms. The summed E-state index contributed by atoms with van der Waals surface area (Å²) < 4.78 is 68.5. The topological polar surface area (TPSA) is 192 Å². The Bertz CT molecular complexity index is 555. The van der Waals surface area contributed by atoms with Crippen LogP contribution < -0.4 is 0 Å². The van der Waals surface area contributed by atoms with Gasteiger partial charge in [-0.2, -0.15) is 0 Å². The van der Waals surface area contributed by atoms with Crippen LogP contribution in [0.2, 0.25) is 0 Å². The highest BCUT2D eigenvalue weighted by Crippen LogP contribution is 2.21. The predicted molar refractivity (Wildman–Crippen MR) is 179 cm³/mol. The summed E-state index contributed by atoms with van der Waals surface area (Å²) >= 11 is 0. The summed E-state index contributed by atoms with van der Waals surface area (Å²) in [6, 6.07) is 0. The van der Waals surface area contributed by atoms with Crippen LogP contribution >= 0.6 is 0 Å². The second-order valence-corrected chi connectivity index (χ2v) is 11.6. The second kappa shape index (κ2) is 35.7. The average molecular weight is 721 g/mol. The van der Waals surface area contributed by atoms with Crippen molar-refractivity contribution in [3.05, 3.63) is 0 Å². The Morgan fingerprint density at radius 1 is 0.327 bits per heavy atom. The van der Waals surface area contributed by atoms with Gasteiger partial charge in [0.25, 0.3) is 0 Å². The van der Waals surface area contributed by atoms with Crippen molar-refractivity contribution in [2.24, 2.45) is 5.41 Å². The minimum absolute atomic E-state index is 0.0411. The number of rotatable bonds is 40. The van der Waals surface area contributed by atoms with Gasteiger partial charge >= 0.3 is 0 Å². The average Bonchev–Trinajstić information content (AvgIpc) is 3.10. The molecule has 49 heavy (non-hydrogen) atoms. The van der Waals surface area contributed by atoms with Gasteiger partial charge in [0.15, 0.2) is 0 Å². The van der Waals surface area contributed by atoms with Gasteiger partial charge in [-0.05, 0) is 27.7 Å². The summed E-state index contributed by atoms with van der Waals surface area (Å²) in [4.78, 5) is 0. The molecule has 16 nitrogen and oxygen atoms in total. The molecule has 0 saturated carbocycles.